The van der Waals surface area contributed by atoms with Crippen molar-refractivity contribution in [1.82, 2.24) is 9.80 Å². The number of likely N-dealkylation sites (tertiary alicyclic amines) is 1. The van der Waals surface area contributed by atoms with Gasteiger partial charge >= 0.3 is 6.09 Å². The van der Waals surface area contributed by atoms with E-state index in [-0.39, 0.29) is 23.0 Å². The van der Waals surface area contributed by atoms with E-state index in [9.17, 15) is 9.59 Å². The van der Waals surface area contributed by atoms with Crippen LogP contribution in [-0.4, -0.2) is 55.1 Å². The third-order valence-electron chi connectivity index (χ3n) is 10.2. The van der Waals surface area contributed by atoms with E-state index in [1.165, 1.54) is 30.6 Å². The Labute approximate surface area is 182 Å². The number of carbonyl (C=O) groups is 2. The Hall–Kier alpha value is -1.26. The SMILES string of the molecule is C[C@H]1C[C@H]2[C@@H]3CC[C@H]4N(C)C(=O)CC[C@]4(C)[C@H]3CC[C@]2(C)[C@H]1[C@@H](C)OC(=O)N(C)C. The molecular weight excluding hydrogens is 376 g/mol. The first-order valence-corrected chi connectivity index (χ1v) is 12.1. The molecule has 1 saturated heterocycles. The van der Waals surface area contributed by atoms with Crippen molar-refractivity contribution in [2.45, 2.75) is 84.8 Å². The molecule has 0 unspecified atom stereocenters. The largest absolute Gasteiger partial charge is 0.446 e. The van der Waals surface area contributed by atoms with Gasteiger partial charge in [-0.25, -0.2) is 4.79 Å². The first kappa shape index (κ1) is 22.0. The predicted octanol–water partition coefficient (Wildman–Crippen LogP) is 4.80. The van der Waals surface area contributed by atoms with Gasteiger partial charge in [-0.3, -0.25) is 4.79 Å². The number of ether oxygens (including phenoxy) is 1. The Morgan fingerprint density at radius 3 is 2.50 bits per heavy atom. The molecule has 4 aliphatic rings. The molecule has 2 amide bonds. The number of rotatable bonds is 2. The number of hydrogen-bond acceptors (Lipinski definition) is 3. The molecule has 4 fully saturated rings. The lowest BCUT2D eigenvalue weighted by atomic mass is 9.46. The van der Waals surface area contributed by atoms with E-state index in [2.05, 4.69) is 32.6 Å². The van der Waals surface area contributed by atoms with Gasteiger partial charge in [0.15, 0.2) is 0 Å². The minimum Gasteiger partial charge on any atom is -0.446 e. The van der Waals surface area contributed by atoms with Crippen molar-refractivity contribution < 1.29 is 14.3 Å². The molecule has 0 spiro atoms. The van der Waals surface area contributed by atoms with Gasteiger partial charge in [-0.1, -0.05) is 20.8 Å². The summed E-state index contributed by atoms with van der Waals surface area (Å²) in [6, 6.07) is 0.416. The molecule has 1 aliphatic heterocycles. The molecule has 30 heavy (non-hydrogen) atoms. The maximum Gasteiger partial charge on any atom is 0.409 e. The van der Waals surface area contributed by atoms with E-state index in [4.69, 9.17) is 4.74 Å². The first-order chi connectivity index (χ1) is 14.0. The van der Waals surface area contributed by atoms with E-state index < -0.39 is 0 Å². The van der Waals surface area contributed by atoms with Crippen molar-refractivity contribution in [2.75, 3.05) is 21.1 Å². The number of fused-ring (bicyclic) bond motifs is 5. The van der Waals surface area contributed by atoms with Gasteiger partial charge < -0.3 is 14.5 Å². The molecule has 0 aromatic rings. The topological polar surface area (TPSA) is 49.9 Å². The number of amides is 2. The van der Waals surface area contributed by atoms with Crippen LogP contribution in [0.25, 0.3) is 0 Å². The van der Waals surface area contributed by atoms with Gasteiger partial charge in [0.05, 0.1) is 0 Å². The van der Waals surface area contributed by atoms with Gasteiger partial charge in [0.1, 0.15) is 6.10 Å². The summed E-state index contributed by atoms with van der Waals surface area (Å²) in [5.41, 5.74) is 0.503. The maximum absolute atomic E-state index is 12.4. The lowest BCUT2D eigenvalue weighted by Crippen LogP contribution is -2.61. The van der Waals surface area contributed by atoms with E-state index in [1.807, 2.05) is 7.05 Å². The quantitative estimate of drug-likeness (QED) is 0.647. The Balaban J connectivity index is 1.57. The molecule has 0 radical (unpaired) electrons. The van der Waals surface area contributed by atoms with Crippen LogP contribution in [0.15, 0.2) is 0 Å². The van der Waals surface area contributed by atoms with Crippen molar-refractivity contribution in [3.8, 4) is 0 Å². The zero-order chi connectivity index (χ0) is 22.0. The van der Waals surface area contributed by atoms with Gasteiger partial charge in [0, 0.05) is 39.5 Å². The fraction of sp³-hybridized carbons (Fsp3) is 0.920. The molecule has 5 heteroatoms. The van der Waals surface area contributed by atoms with Crippen LogP contribution in [0.5, 0.6) is 0 Å². The minimum absolute atomic E-state index is 0.0492. The van der Waals surface area contributed by atoms with Crippen LogP contribution >= 0.6 is 0 Å². The zero-order valence-corrected chi connectivity index (χ0v) is 20.1. The highest BCUT2D eigenvalue weighted by molar-refractivity contribution is 5.77. The molecule has 0 N–H and O–H groups in total. The summed E-state index contributed by atoms with van der Waals surface area (Å²) in [5.74, 6) is 3.50. The van der Waals surface area contributed by atoms with Crippen molar-refractivity contribution in [1.29, 1.82) is 0 Å². The van der Waals surface area contributed by atoms with Crippen LogP contribution in [0.2, 0.25) is 0 Å². The van der Waals surface area contributed by atoms with Crippen LogP contribution in [0, 0.1) is 40.4 Å². The summed E-state index contributed by atoms with van der Waals surface area (Å²) in [6.45, 7) is 9.47. The summed E-state index contributed by atoms with van der Waals surface area (Å²) >= 11 is 0. The van der Waals surface area contributed by atoms with Crippen LogP contribution < -0.4 is 0 Å². The van der Waals surface area contributed by atoms with E-state index in [0.29, 0.717) is 36.1 Å². The van der Waals surface area contributed by atoms with Crippen molar-refractivity contribution >= 4 is 12.0 Å². The third kappa shape index (κ3) is 3.09. The molecule has 1 heterocycles. The molecule has 5 nitrogen and oxygen atoms in total. The number of carbonyl (C=O) groups excluding carboxylic acids is 2. The summed E-state index contributed by atoms with van der Waals surface area (Å²) in [4.78, 5) is 28.2. The lowest BCUT2D eigenvalue weighted by molar-refractivity contribution is -0.159. The van der Waals surface area contributed by atoms with E-state index in [0.717, 1.165) is 24.7 Å². The number of piperidine rings is 1. The fourth-order valence-corrected chi connectivity index (χ4v) is 8.89. The predicted molar refractivity (Wildman–Crippen MR) is 118 cm³/mol. The molecule has 9 atom stereocenters. The van der Waals surface area contributed by atoms with Gasteiger partial charge in [-0.2, -0.15) is 0 Å². The van der Waals surface area contributed by atoms with Crippen LogP contribution in [0.1, 0.15) is 72.6 Å². The average Bonchev–Trinajstić information content (AvgIpc) is 2.95. The molecule has 0 bridgehead atoms. The van der Waals surface area contributed by atoms with Crippen LogP contribution in [0.3, 0.4) is 0 Å². The molecule has 3 aliphatic carbocycles. The average molecular weight is 419 g/mol. The van der Waals surface area contributed by atoms with Crippen molar-refractivity contribution in [3.05, 3.63) is 0 Å². The first-order valence-electron chi connectivity index (χ1n) is 12.1. The fourth-order valence-electron chi connectivity index (χ4n) is 8.89. The second-order valence-corrected chi connectivity index (χ2v) is 11.7. The molecule has 4 rings (SSSR count). The minimum atomic E-state index is -0.224. The van der Waals surface area contributed by atoms with E-state index >= 15 is 0 Å². The van der Waals surface area contributed by atoms with Gasteiger partial charge in [0.25, 0.3) is 0 Å². The zero-order valence-electron chi connectivity index (χ0n) is 20.1. The Morgan fingerprint density at radius 1 is 1.13 bits per heavy atom. The standard InChI is InChI=1S/C25H42N2O3/c1-15-14-19-17-8-9-20-24(3,13-11-21(28)27(20)7)18(17)10-12-25(19,4)22(15)16(2)30-23(29)26(5)6/h15-20,22H,8-14H2,1-7H3/t15-,16+,17+,18-,19-,20+,22+,24+,25-/m0/s1. The maximum atomic E-state index is 12.4. The Bertz CT molecular complexity index is 709. The highest BCUT2D eigenvalue weighted by atomic mass is 16.6. The van der Waals surface area contributed by atoms with E-state index in [1.54, 1.807) is 14.1 Å². The third-order valence-corrected chi connectivity index (χ3v) is 10.2. The monoisotopic (exact) mass is 418 g/mol. The highest BCUT2D eigenvalue weighted by Gasteiger charge is 2.63. The molecule has 0 aromatic heterocycles. The molecule has 3 saturated carbocycles. The van der Waals surface area contributed by atoms with Gasteiger partial charge in [-0.05, 0) is 80.0 Å². The Morgan fingerprint density at radius 2 is 1.83 bits per heavy atom. The normalized spacial score (nSPS) is 46.5. The Kier molecular flexibility index (Phi) is 5.42. The molecule has 0 aromatic carbocycles. The molecule has 170 valence electrons. The number of nitrogens with zero attached hydrogens (tertiary/aromatic N) is 2. The summed E-state index contributed by atoms with van der Waals surface area (Å²) < 4.78 is 5.89. The second-order valence-electron chi connectivity index (χ2n) is 11.7. The highest BCUT2D eigenvalue weighted by Crippen LogP contribution is 2.67. The smallest absolute Gasteiger partial charge is 0.409 e. The van der Waals surface area contributed by atoms with Crippen LogP contribution in [0.4, 0.5) is 4.79 Å². The number of hydrogen-bond donors (Lipinski definition) is 0. The summed E-state index contributed by atoms with van der Waals surface area (Å²) in [5, 5.41) is 0. The van der Waals surface area contributed by atoms with Gasteiger partial charge in [0.2, 0.25) is 5.91 Å². The van der Waals surface area contributed by atoms with Crippen molar-refractivity contribution in [3.63, 3.8) is 0 Å². The lowest BCUT2D eigenvalue weighted by Gasteiger charge is -2.62. The second kappa shape index (κ2) is 7.41. The molecular formula is C25H42N2O3. The summed E-state index contributed by atoms with van der Waals surface area (Å²) in [7, 11) is 5.55. The van der Waals surface area contributed by atoms with Crippen LogP contribution in [-0.2, 0) is 9.53 Å². The van der Waals surface area contributed by atoms with Gasteiger partial charge in [-0.15, -0.1) is 0 Å². The summed E-state index contributed by atoms with van der Waals surface area (Å²) in [6.07, 6.45) is 7.62. The van der Waals surface area contributed by atoms with Crippen molar-refractivity contribution in [2.24, 2.45) is 40.4 Å².